The van der Waals surface area contributed by atoms with Crippen molar-refractivity contribution in [1.82, 2.24) is 0 Å². The van der Waals surface area contributed by atoms with Crippen LogP contribution in [0.15, 0.2) is 11.6 Å². The van der Waals surface area contributed by atoms with E-state index in [1.807, 2.05) is 13.8 Å². The van der Waals surface area contributed by atoms with E-state index in [1.165, 1.54) is 38.5 Å². The van der Waals surface area contributed by atoms with Crippen LogP contribution in [-0.2, 0) is 0 Å². The molecule has 0 bridgehead atoms. The fraction of sp³-hybridized carbons (Fsp3) is 0.917. The first kappa shape index (κ1) is 19.0. The number of hydrogen-bond acceptors (Lipinski definition) is 2. The summed E-state index contributed by atoms with van der Waals surface area (Å²) in [5, 5.41) is 20.4. The molecule has 0 radical (unpaired) electrons. The Balaban J connectivity index is 1.53. The minimum absolute atomic E-state index is 0.0820. The van der Waals surface area contributed by atoms with Gasteiger partial charge in [-0.05, 0) is 113 Å². The molecule has 2 N–H and O–H groups in total. The lowest BCUT2D eigenvalue weighted by Crippen LogP contribution is -2.47. The Morgan fingerprint density at radius 3 is 2.65 bits per heavy atom. The van der Waals surface area contributed by atoms with E-state index in [9.17, 15) is 10.2 Å². The van der Waals surface area contributed by atoms with Gasteiger partial charge in [0.1, 0.15) is 0 Å². The van der Waals surface area contributed by atoms with Crippen LogP contribution in [0.3, 0.4) is 0 Å². The average Bonchev–Trinajstić information content (AvgIpc) is 2.90. The second-order valence-corrected chi connectivity index (χ2v) is 11.2. The fourth-order valence-corrected chi connectivity index (χ4v) is 8.15. The zero-order valence-electron chi connectivity index (χ0n) is 17.4. The molecule has 0 aromatic carbocycles. The lowest BCUT2D eigenvalue weighted by atomic mass is 9.51. The normalized spacial score (nSPS) is 46.8. The molecular weight excluding hydrogens is 320 g/mol. The summed E-state index contributed by atoms with van der Waals surface area (Å²) >= 11 is 0. The van der Waals surface area contributed by atoms with Crippen molar-refractivity contribution in [3.05, 3.63) is 11.6 Å². The molecule has 0 aliphatic heterocycles. The molecule has 0 amide bonds. The predicted octanol–water partition coefficient (Wildman–Crippen LogP) is 5.33. The smallest absolute Gasteiger partial charge is 0.0594 e. The van der Waals surface area contributed by atoms with Gasteiger partial charge in [-0.2, -0.15) is 0 Å². The van der Waals surface area contributed by atoms with Crippen LogP contribution < -0.4 is 0 Å². The van der Waals surface area contributed by atoms with Crippen LogP contribution in [-0.4, -0.2) is 21.9 Å². The molecule has 2 nitrogen and oxygen atoms in total. The number of aliphatic hydroxyl groups is 2. The minimum Gasteiger partial charge on any atom is -0.393 e. The number of rotatable bonds is 3. The first-order valence-electron chi connectivity index (χ1n) is 11.3. The molecule has 4 aliphatic carbocycles. The molecule has 4 unspecified atom stereocenters. The fourth-order valence-electron chi connectivity index (χ4n) is 8.15. The van der Waals surface area contributed by atoms with Gasteiger partial charge in [0.15, 0.2) is 0 Å². The zero-order valence-corrected chi connectivity index (χ0v) is 17.4. The van der Waals surface area contributed by atoms with Gasteiger partial charge < -0.3 is 10.2 Å². The molecule has 4 rings (SSSR count). The summed E-state index contributed by atoms with van der Waals surface area (Å²) in [5.41, 5.74) is 1.53. The molecule has 3 fully saturated rings. The van der Waals surface area contributed by atoms with Gasteiger partial charge in [-0.3, -0.25) is 0 Å². The maximum absolute atomic E-state index is 10.3. The molecule has 3 saturated carbocycles. The van der Waals surface area contributed by atoms with Crippen LogP contribution in [0.4, 0.5) is 0 Å². The first-order valence-corrected chi connectivity index (χ1v) is 11.3. The monoisotopic (exact) mass is 360 g/mol. The molecule has 0 aromatic rings. The van der Waals surface area contributed by atoms with Crippen LogP contribution in [0, 0.1) is 40.9 Å². The van der Waals surface area contributed by atoms with Gasteiger partial charge in [-0.25, -0.2) is 0 Å². The Hall–Kier alpha value is -0.340. The van der Waals surface area contributed by atoms with Crippen molar-refractivity contribution in [2.75, 3.05) is 0 Å². The van der Waals surface area contributed by atoms with Crippen molar-refractivity contribution in [2.45, 2.75) is 97.2 Å². The summed E-state index contributed by atoms with van der Waals surface area (Å²) in [5.74, 6) is 4.79. The lowest BCUT2D eigenvalue weighted by molar-refractivity contribution is -0.0395. The molecule has 4 aliphatic rings. The number of hydrogen-bond donors (Lipinski definition) is 2. The topological polar surface area (TPSA) is 40.5 Å². The van der Waals surface area contributed by atoms with Gasteiger partial charge in [-0.1, -0.05) is 25.5 Å². The average molecular weight is 361 g/mol. The molecule has 148 valence electrons. The minimum atomic E-state index is -0.545. The molecule has 2 heteroatoms. The second kappa shape index (κ2) is 6.62. The quantitative estimate of drug-likeness (QED) is 0.668. The van der Waals surface area contributed by atoms with Gasteiger partial charge in [0.25, 0.3) is 0 Å². The highest BCUT2D eigenvalue weighted by atomic mass is 16.3. The van der Waals surface area contributed by atoms with E-state index in [1.54, 1.807) is 5.57 Å². The van der Waals surface area contributed by atoms with Crippen molar-refractivity contribution in [3.8, 4) is 0 Å². The first-order chi connectivity index (χ1) is 12.2. The maximum atomic E-state index is 10.3. The van der Waals surface area contributed by atoms with E-state index in [0.29, 0.717) is 11.3 Å². The summed E-state index contributed by atoms with van der Waals surface area (Å²) in [6.07, 6.45) is 13.4. The summed E-state index contributed by atoms with van der Waals surface area (Å²) in [4.78, 5) is 0. The molecule has 8 atom stereocenters. The standard InChI is InChI=1S/C24H40O2/c1-15(14-23(2,3)26)21-9-10-22-20-7-5-16-13-17(25)6-8-18(16)19(20)11-12-24(21,22)4/h5,15,17-22,25-26H,6-14H2,1-4H3/t15?,17-,18-,19?,20?,21+,22?,24+/m0/s1. The van der Waals surface area contributed by atoms with Crippen molar-refractivity contribution in [2.24, 2.45) is 40.9 Å². The van der Waals surface area contributed by atoms with Crippen molar-refractivity contribution in [1.29, 1.82) is 0 Å². The van der Waals surface area contributed by atoms with Crippen LogP contribution in [0.5, 0.6) is 0 Å². The van der Waals surface area contributed by atoms with Crippen molar-refractivity contribution < 1.29 is 10.2 Å². The third kappa shape index (κ3) is 3.20. The largest absolute Gasteiger partial charge is 0.393 e. The van der Waals surface area contributed by atoms with Crippen LogP contribution in [0.1, 0.15) is 85.5 Å². The highest BCUT2D eigenvalue weighted by Gasteiger charge is 2.56. The molecule has 0 heterocycles. The second-order valence-electron chi connectivity index (χ2n) is 11.2. The van der Waals surface area contributed by atoms with Gasteiger partial charge in [0.2, 0.25) is 0 Å². The molecule has 0 spiro atoms. The van der Waals surface area contributed by atoms with Crippen molar-refractivity contribution in [3.63, 3.8) is 0 Å². The van der Waals surface area contributed by atoms with Gasteiger partial charge >= 0.3 is 0 Å². The Bertz CT molecular complexity index is 559. The zero-order chi connectivity index (χ0) is 18.7. The summed E-state index contributed by atoms with van der Waals surface area (Å²) < 4.78 is 0. The summed E-state index contributed by atoms with van der Waals surface area (Å²) in [7, 11) is 0. The SMILES string of the molecule is CC(CC(C)(C)O)[C@H]1CCC2C3CC=C4C[C@@H](O)CC[C@@H]4C3CC[C@@]21C. The van der Waals surface area contributed by atoms with Crippen LogP contribution in [0.25, 0.3) is 0 Å². The molecular formula is C24H40O2. The highest BCUT2D eigenvalue weighted by Crippen LogP contribution is 2.64. The molecule has 0 saturated heterocycles. The Labute approximate surface area is 160 Å². The Morgan fingerprint density at radius 1 is 1.15 bits per heavy atom. The van der Waals surface area contributed by atoms with Crippen molar-refractivity contribution >= 4 is 0 Å². The van der Waals surface area contributed by atoms with Crippen LogP contribution in [0.2, 0.25) is 0 Å². The third-order valence-corrected chi connectivity index (χ3v) is 9.00. The number of fused-ring (bicyclic) bond motifs is 5. The van der Waals surface area contributed by atoms with Gasteiger partial charge in [0, 0.05) is 0 Å². The van der Waals surface area contributed by atoms with Gasteiger partial charge in [-0.15, -0.1) is 0 Å². The summed E-state index contributed by atoms with van der Waals surface area (Å²) in [6, 6.07) is 0. The highest BCUT2D eigenvalue weighted by molar-refractivity contribution is 5.20. The van der Waals surface area contributed by atoms with E-state index in [-0.39, 0.29) is 6.10 Å². The summed E-state index contributed by atoms with van der Waals surface area (Å²) in [6.45, 7) is 8.93. The maximum Gasteiger partial charge on any atom is 0.0594 e. The van der Waals surface area contributed by atoms with E-state index in [0.717, 1.165) is 48.9 Å². The lowest BCUT2D eigenvalue weighted by Gasteiger charge is -2.54. The Kier molecular flexibility index (Phi) is 4.84. The predicted molar refractivity (Wildman–Crippen MR) is 107 cm³/mol. The van der Waals surface area contributed by atoms with E-state index >= 15 is 0 Å². The number of aliphatic hydroxyl groups excluding tert-OH is 1. The number of allylic oxidation sites excluding steroid dienone is 1. The van der Waals surface area contributed by atoms with E-state index in [2.05, 4.69) is 19.9 Å². The van der Waals surface area contributed by atoms with E-state index in [4.69, 9.17) is 0 Å². The molecule has 0 aromatic heterocycles. The Morgan fingerprint density at radius 2 is 1.92 bits per heavy atom. The third-order valence-electron chi connectivity index (χ3n) is 9.00. The van der Waals surface area contributed by atoms with Gasteiger partial charge in [0.05, 0.1) is 11.7 Å². The van der Waals surface area contributed by atoms with Crippen LogP contribution >= 0.6 is 0 Å². The molecule has 26 heavy (non-hydrogen) atoms. The van der Waals surface area contributed by atoms with E-state index < -0.39 is 5.60 Å².